The fraction of sp³-hybridized carbons (Fsp3) is 0.158. The van der Waals surface area contributed by atoms with Crippen molar-refractivity contribution in [3.05, 3.63) is 117 Å². The summed E-state index contributed by atoms with van der Waals surface area (Å²) >= 11 is 0. The summed E-state index contributed by atoms with van der Waals surface area (Å²) in [5.74, 6) is 2.62. The highest BCUT2D eigenvalue weighted by Crippen LogP contribution is 2.32. The number of fused-ring (bicyclic) bond motifs is 2. The molecule has 2 heterocycles. The number of hydrogen-bond donors (Lipinski definition) is 2. The van der Waals surface area contributed by atoms with Crippen LogP contribution in [0.3, 0.4) is 0 Å². The van der Waals surface area contributed by atoms with Gasteiger partial charge in [0.1, 0.15) is 40.1 Å². The molecule has 3 aromatic carbocycles. The van der Waals surface area contributed by atoms with Gasteiger partial charge in [-0.1, -0.05) is 0 Å². The first-order valence-electron chi connectivity index (χ1n) is 15.5. The molecule has 0 saturated carbocycles. The third kappa shape index (κ3) is 8.79. The third-order valence-electron chi connectivity index (χ3n) is 7.54. The van der Waals surface area contributed by atoms with Gasteiger partial charge in [-0.05, 0) is 73.5 Å². The minimum atomic E-state index is -0.755. The van der Waals surface area contributed by atoms with Crippen molar-refractivity contribution in [3.63, 3.8) is 0 Å². The summed E-state index contributed by atoms with van der Waals surface area (Å²) in [4.78, 5) is 47.3. The van der Waals surface area contributed by atoms with Crippen LogP contribution >= 0.6 is 0 Å². The van der Waals surface area contributed by atoms with Gasteiger partial charge in [-0.15, -0.1) is 0 Å². The van der Waals surface area contributed by atoms with Crippen molar-refractivity contribution < 1.29 is 46.8 Å². The van der Waals surface area contributed by atoms with Crippen LogP contribution < -0.4 is 50.1 Å². The maximum atomic E-state index is 12.2. The van der Waals surface area contributed by atoms with E-state index in [1.165, 1.54) is 52.7 Å². The molecule has 52 heavy (non-hydrogen) atoms. The SMILES string of the molecule is COc1ccc(NC(=O)Oc2cc(C)c3ccc(=O)cc-3o2)c(OC)c1.COc1ccc(NC(=O)Oc2ccc3c(C)cc(=O)oc3c2)c(OC)c1. The van der Waals surface area contributed by atoms with E-state index in [0.717, 1.165) is 22.1 Å². The molecule has 0 fully saturated rings. The van der Waals surface area contributed by atoms with Crippen LogP contribution in [0, 0.1) is 13.8 Å². The van der Waals surface area contributed by atoms with Gasteiger partial charge in [-0.2, -0.15) is 0 Å². The normalized spacial score (nSPS) is 10.4. The Balaban J connectivity index is 0.000000201. The summed E-state index contributed by atoms with van der Waals surface area (Å²) < 4.78 is 41.8. The molecule has 0 bridgehead atoms. The summed E-state index contributed by atoms with van der Waals surface area (Å²) in [5, 5.41) is 5.95. The van der Waals surface area contributed by atoms with Crippen LogP contribution in [0.2, 0.25) is 0 Å². The first-order valence-corrected chi connectivity index (χ1v) is 15.5. The van der Waals surface area contributed by atoms with E-state index in [-0.39, 0.29) is 17.1 Å². The molecule has 1 aliphatic heterocycles. The van der Waals surface area contributed by atoms with Crippen molar-refractivity contribution >= 4 is 34.5 Å². The van der Waals surface area contributed by atoms with Crippen molar-refractivity contribution in [1.82, 2.24) is 0 Å². The predicted molar refractivity (Wildman–Crippen MR) is 192 cm³/mol. The molecule has 0 saturated heterocycles. The van der Waals surface area contributed by atoms with Crippen LogP contribution in [0.4, 0.5) is 21.0 Å². The van der Waals surface area contributed by atoms with E-state index < -0.39 is 17.8 Å². The topological polar surface area (TPSA) is 174 Å². The van der Waals surface area contributed by atoms with Gasteiger partial charge < -0.3 is 37.3 Å². The van der Waals surface area contributed by atoms with Crippen LogP contribution in [0.5, 0.6) is 34.7 Å². The first-order chi connectivity index (χ1) is 25.0. The maximum Gasteiger partial charge on any atom is 0.419 e. The Morgan fingerprint density at radius 1 is 0.577 bits per heavy atom. The van der Waals surface area contributed by atoms with Gasteiger partial charge in [-0.3, -0.25) is 15.4 Å². The molecule has 0 unspecified atom stereocenters. The van der Waals surface area contributed by atoms with Crippen molar-refractivity contribution in [3.8, 4) is 46.0 Å². The molecular weight excluding hydrogens is 676 g/mol. The molecule has 0 atom stereocenters. The standard InChI is InChI=1S/2C19H17NO6/c1-11-8-18(21)26-16-10-13(4-6-14(11)16)25-19(22)20-15-7-5-12(23-2)9-17(15)24-3;1-11-8-18(25-16-9-12(21)4-6-14(11)16)26-19(22)20-15-7-5-13(23-2)10-17(15)24-3/h2*4-10H,1-3H3,(H,20,22). The highest BCUT2D eigenvalue weighted by molar-refractivity contribution is 5.90. The minimum Gasteiger partial charge on any atom is -0.497 e. The Kier molecular flexibility index (Phi) is 11.3. The van der Waals surface area contributed by atoms with Crippen LogP contribution in [0.1, 0.15) is 11.1 Å². The number of aryl methyl sites for hydroxylation is 2. The van der Waals surface area contributed by atoms with Crippen LogP contribution in [0.15, 0.2) is 103 Å². The molecule has 268 valence electrons. The fourth-order valence-corrected chi connectivity index (χ4v) is 5.00. The number of ether oxygens (including phenoxy) is 6. The Bertz CT molecular complexity index is 2330. The number of rotatable bonds is 8. The van der Waals surface area contributed by atoms with Gasteiger partial charge in [0.25, 0.3) is 5.95 Å². The maximum absolute atomic E-state index is 12.2. The van der Waals surface area contributed by atoms with Gasteiger partial charge in [0.05, 0.1) is 39.8 Å². The second-order valence-electron chi connectivity index (χ2n) is 11.0. The zero-order valence-corrected chi connectivity index (χ0v) is 29.0. The number of carbonyl (C=O) groups is 2. The molecule has 6 rings (SSSR count). The fourth-order valence-electron chi connectivity index (χ4n) is 5.00. The molecular formula is C38H34N2O12. The largest absolute Gasteiger partial charge is 0.497 e. The van der Waals surface area contributed by atoms with E-state index in [4.69, 9.17) is 37.3 Å². The van der Waals surface area contributed by atoms with Gasteiger partial charge in [0, 0.05) is 47.3 Å². The first kappa shape index (κ1) is 36.3. The molecule has 2 aliphatic rings. The molecule has 2 amide bonds. The molecule has 2 N–H and O–H groups in total. The van der Waals surface area contributed by atoms with Crippen molar-refractivity contribution in [2.45, 2.75) is 13.8 Å². The van der Waals surface area contributed by atoms with Gasteiger partial charge >= 0.3 is 17.8 Å². The Morgan fingerprint density at radius 2 is 1.17 bits per heavy atom. The monoisotopic (exact) mass is 710 g/mol. The van der Waals surface area contributed by atoms with Crippen LogP contribution in [0.25, 0.3) is 22.3 Å². The molecule has 4 aromatic rings. The average Bonchev–Trinajstić information content (AvgIpc) is 3.11. The molecule has 14 nitrogen and oxygen atoms in total. The molecule has 1 aliphatic carbocycles. The lowest BCUT2D eigenvalue weighted by atomic mass is 10.1. The zero-order valence-electron chi connectivity index (χ0n) is 29.0. The van der Waals surface area contributed by atoms with E-state index >= 15 is 0 Å². The summed E-state index contributed by atoms with van der Waals surface area (Å²) in [6.07, 6.45) is -1.46. The molecule has 0 radical (unpaired) electrons. The molecule has 14 heteroatoms. The summed E-state index contributed by atoms with van der Waals surface area (Å²) in [7, 11) is 6.04. The van der Waals surface area contributed by atoms with Gasteiger partial charge in [0.15, 0.2) is 5.43 Å². The van der Waals surface area contributed by atoms with E-state index in [1.807, 2.05) is 13.8 Å². The Hall–Kier alpha value is -6.96. The number of anilines is 2. The van der Waals surface area contributed by atoms with E-state index in [0.29, 0.717) is 45.7 Å². The number of methoxy groups -OCH3 is 4. The van der Waals surface area contributed by atoms with Crippen LogP contribution in [-0.2, 0) is 0 Å². The highest BCUT2D eigenvalue weighted by Gasteiger charge is 2.16. The summed E-state index contributed by atoms with van der Waals surface area (Å²) in [6, 6.07) is 22.2. The highest BCUT2D eigenvalue weighted by atomic mass is 16.6. The van der Waals surface area contributed by atoms with Crippen LogP contribution in [-0.4, -0.2) is 40.6 Å². The number of benzene rings is 4. The zero-order chi connectivity index (χ0) is 37.4. The second kappa shape index (κ2) is 16.2. The number of nitrogens with one attached hydrogen (secondary N) is 2. The van der Waals surface area contributed by atoms with Gasteiger partial charge in [-0.25, -0.2) is 14.4 Å². The van der Waals surface area contributed by atoms with Crippen molar-refractivity contribution in [2.24, 2.45) is 0 Å². The second-order valence-corrected chi connectivity index (χ2v) is 11.0. The third-order valence-corrected chi connectivity index (χ3v) is 7.54. The quantitative estimate of drug-likeness (QED) is 0.150. The Morgan fingerprint density at radius 3 is 1.77 bits per heavy atom. The van der Waals surface area contributed by atoms with Crippen molar-refractivity contribution in [1.29, 1.82) is 0 Å². The molecule has 0 spiro atoms. The number of hydrogen-bond acceptors (Lipinski definition) is 12. The minimum absolute atomic E-state index is 0.0226. The lowest BCUT2D eigenvalue weighted by molar-refractivity contribution is 0.201. The lowest BCUT2D eigenvalue weighted by Gasteiger charge is -2.13. The summed E-state index contributed by atoms with van der Waals surface area (Å²) in [6.45, 7) is 3.64. The average molecular weight is 711 g/mol. The molecule has 1 aromatic heterocycles. The smallest absolute Gasteiger partial charge is 0.419 e. The number of amides is 2. The summed E-state index contributed by atoms with van der Waals surface area (Å²) in [5.41, 5.74) is 2.92. The van der Waals surface area contributed by atoms with Gasteiger partial charge in [0.2, 0.25) is 0 Å². The lowest BCUT2D eigenvalue weighted by Crippen LogP contribution is -2.17. The van der Waals surface area contributed by atoms with E-state index in [2.05, 4.69) is 10.6 Å². The predicted octanol–water partition coefficient (Wildman–Crippen LogP) is 7.41. The Labute approximate surface area is 296 Å². The number of carbonyl (C=O) groups excluding carboxylic acids is 2. The van der Waals surface area contributed by atoms with E-state index in [9.17, 15) is 19.2 Å². The van der Waals surface area contributed by atoms with E-state index in [1.54, 1.807) is 60.7 Å². The van der Waals surface area contributed by atoms with Crippen molar-refractivity contribution in [2.75, 3.05) is 39.1 Å².